The van der Waals surface area contributed by atoms with Crippen molar-refractivity contribution < 1.29 is 38.9 Å². The molecule has 4 rings (SSSR count). The molecule has 0 amide bonds. The first-order valence-corrected chi connectivity index (χ1v) is 14.3. The Morgan fingerprint density at radius 1 is 1.03 bits per heavy atom. The molecule has 2 saturated carbocycles. The summed E-state index contributed by atoms with van der Waals surface area (Å²) in [5.41, 5.74) is -2.73. The van der Waals surface area contributed by atoms with Gasteiger partial charge in [-0.3, -0.25) is 24.0 Å². The molecule has 39 heavy (non-hydrogen) atoms. The summed E-state index contributed by atoms with van der Waals surface area (Å²) < 4.78 is 4.74. The fraction of sp³-hybridized carbons (Fsp3) is 0.774. The molecule has 9 atom stereocenters. The lowest BCUT2D eigenvalue weighted by Crippen LogP contribution is -2.60. The maximum Gasteiger partial charge on any atom is 0.308 e. The van der Waals surface area contributed by atoms with Crippen LogP contribution in [-0.2, 0) is 28.7 Å². The topological polar surface area (TPSA) is 135 Å². The highest BCUT2D eigenvalue weighted by Gasteiger charge is 2.70. The van der Waals surface area contributed by atoms with Gasteiger partial charge < -0.3 is 14.9 Å². The maximum atomic E-state index is 14.1. The minimum Gasteiger partial charge on any atom is -0.469 e. The second kappa shape index (κ2) is 9.72. The van der Waals surface area contributed by atoms with Gasteiger partial charge in [0.1, 0.15) is 11.6 Å². The zero-order chi connectivity index (χ0) is 29.3. The third-order valence-corrected chi connectivity index (χ3v) is 11.7. The van der Waals surface area contributed by atoms with Crippen molar-refractivity contribution in [1.82, 2.24) is 0 Å². The van der Waals surface area contributed by atoms with Crippen LogP contribution in [0.1, 0.15) is 86.5 Å². The summed E-state index contributed by atoms with van der Waals surface area (Å²) in [5.74, 6) is -2.34. The second-order valence-corrected chi connectivity index (χ2v) is 13.8. The third-order valence-electron chi connectivity index (χ3n) is 11.7. The Labute approximate surface area is 230 Å². The number of rotatable bonds is 7. The van der Waals surface area contributed by atoms with Gasteiger partial charge in [-0.15, -0.1) is 0 Å². The minimum absolute atomic E-state index is 0.0495. The van der Waals surface area contributed by atoms with E-state index in [1.165, 1.54) is 7.11 Å². The number of Topliss-reactive ketones (excluding diaryl/α,β-unsaturated/α-hetero) is 4. The van der Waals surface area contributed by atoms with Gasteiger partial charge in [0.2, 0.25) is 0 Å². The Balaban J connectivity index is 1.73. The van der Waals surface area contributed by atoms with Gasteiger partial charge in [-0.2, -0.15) is 0 Å². The Bertz CT molecular complexity index is 1150. The quantitative estimate of drug-likeness (QED) is 0.466. The van der Waals surface area contributed by atoms with Gasteiger partial charge in [-0.1, -0.05) is 41.5 Å². The summed E-state index contributed by atoms with van der Waals surface area (Å²) in [4.78, 5) is 65.7. The largest absolute Gasteiger partial charge is 0.469 e. The van der Waals surface area contributed by atoms with Crippen LogP contribution >= 0.6 is 0 Å². The smallest absolute Gasteiger partial charge is 0.308 e. The first-order valence-electron chi connectivity index (χ1n) is 14.3. The molecule has 0 spiro atoms. The van der Waals surface area contributed by atoms with E-state index in [-0.39, 0.29) is 73.7 Å². The number of hydrogen-bond donors (Lipinski definition) is 2. The first kappa shape index (κ1) is 29.8. The molecule has 8 heteroatoms. The van der Waals surface area contributed by atoms with E-state index in [1.807, 2.05) is 27.7 Å². The predicted octanol–water partition coefficient (Wildman–Crippen LogP) is 3.40. The van der Waals surface area contributed by atoms with E-state index in [0.29, 0.717) is 24.0 Å². The lowest BCUT2D eigenvalue weighted by Gasteiger charge is -2.59. The normalized spacial score (nSPS) is 41.5. The number of ketones is 4. The van der Waals surface area contributed by atoms with Crippen LogP contribution in [0.25, 0.3) is 0 Å². The lowest BCUT2D eigenvalue weighted by atomic mass is 9.42. The van der Waals surface area contributed by atoms with Gasteiger partial charge in [-0.05, 0) is 36.0 Å². The molecule has 2 N–H and O–H groups in total. The van der Waals surface area contributed by atoms with E-state index in [0.717, 1.165) is 0 Å². The zero-order valence-corrected chi connectivity index (χ0v) is 24.4. The molecule has 4 aliphatic carbocycles. The molecule has 0 heterocycles. The molecule has 0 aromatic rings. The van der Waals surface area contributed by atoms with Crippen molar-refractivity contribution in [3.8, 4) is 0 Å². The number of carbonyl (C=O) groups is 5. The summed E-state index contributed by atoms with van der Waals surface area (Å²) in [6, 6.07) is 0. The van der Waals surface area contributed by atoms with Crippen LogP contribution in [0.15, 0.2) is 11.1 Å². The Morgan fingerprint density at radius 2 is 1.67 bits per heavy atom. The van der Waals surface area contributed by atoms with Crippen LogP contribution in [0.4, 0.5) is 0 Å². The monoisotopic (exact) mass is 544 g/mol. The van der Waals surface area contributed by atoms with Crippen molar-refractivity contribution in [2.75, 3.05) is 13.7 Å². The number of allylic oxidation sites excluding steroid dienone is 1. The Hall–Kier alpha value is -2.19. The molecule has 216 valence electrons. The number of esters is 1. The van der Waals surface area contributed by atoms with E-state index in [2.05, 4.69) is 0 Å². The molecule has 8 nitrogen and oxygen atoms in total. The fourth-order valence-electron chi connectivity index (χ4n) is 9.16. The number of methoxy groups -OCH3 is 1. The van der Waals surface area contributed by atoms with Crippen LogP contribution in [-0.4, -0.2) is 59.1 Å². The van der Waals surface area contributed by atoms with E-state index in [9.17, 15) is 34.2 Å². The molecule has 0 radical (unpaired) electrons. The molecule has 2 fully saturated rings. The van der Waals surface area contributed by atoms with Gasteiger partial charge in [0.25, 0.3) is 0 Å². The summed E-state index contributed by atoms with van der Waals surface area (Å²) in [7, 11) is 1.29. The molecule has 0 aliphatic heterocycles. The van der Waals surface area contributed by atoms with E-state index < -0.39 is 45.6 Å². The van der Waals surface area contributed by atoms with E-state index >= 15 is 0 Å². The molecule has 0 saturated heterocycles. The van der Waals surface area contributed by atoms with Gasteiger partial charge >= 0.3 is 5.97 Å². The van der Waals surface area contributed by atoms with Gasteiger partial charge in [0.15, 0.2) is 11.6 Å². The summed E-state index contributed by atoms with van der Waals surface area (Å²) >= 11 is 0. The van der Waals surface area contributed by atoms with Crippen molar-refractivity contribution in [3.63, 3.8) is 0 Å². The number of aliphatic hydroxyl groups is 2. The number of ether oxygens (including phenoxy) is 1. The molecule has 0 aromatic carbocycles. The zero-order valence-electron chi connectivity index (χ0n) is 24.4. The van der Waals surface area contributed by atoms with Crippen LogP contribution in [0.3, 0.4) is 0 Å². The third kappa shape index (κ3) is 4.03. The van der Waals surface area contributed by atoms with Crippen LogP contribution in [0.2, 0.25) is 0 Å². The van der Waals surface area contributed by atoms with Crippen LogP contribution in [0.5, 0.6) is 0 Å². The van der Waals surface area contributed by atoms with Crippen molar-refractivity contribution >= 4 is 29.1 Å². The van der Waals surface area contributed by atoms with Gasteiger partial charge in [0, 0.05) is 54.1 Å². The maximum absolute atomic E-state index is 14.1. The summed E-state index contributed by atoms with van der Waals surface area (Å²) in [5, 5.41) is 21.9. The number of fused-ring (bicyclic) bond motifs is 4. The van der Waals surface area contributed by atoms with Crippen LogP contribution < -0.4 is 0 Å². The second-order valence-electron chi connectivity index (χ2n) is 13.8. The fourth-order valence-corrected chi connectivity index (χ4v) is 9.16. The molecule has 0 bridgehead atoms. The number of aliphatic hydroxyl groups excluding tert-OH is 2. The standard InChI is InChI=1S/C31H44O8/c1-16(10-18(33)11-17(2)27(38)39-7)19-12-24(37)31(6)26-20(34)13-22-28(3,9-8-23(36)29(22,4)15-32)25(26)21(35)14-30(19,31)5/h16-17,19,22,24,32,37H,8-15H2,1-7H3. The minimum atomic E-state index is -1.10. The molecular weight excluding hydrogens is 500 g/mol. The lowest BCUT2D eigenvalue weighted by molar-refractivity contribution is -0.152. The predicted molar refractivity (Wildman–Crippen MR) is 142 cm³/mol. The number of carbonyl (C=O) groups excluding carboxylic acids is 5. The van der Waals surface area contributed by atoms with Crippen molar-refractivity contribution in [2.24, 2.45) is 45.3 Å². The average Bonchev–Trinajstić information content (AvgIpc) is 3.07. The Morgan fingerprint density at radius 3 is 2.26 bits per heavy atom. The highest BCUT2D eigenvalue weighted by Crippen LogP contribution is 2.70. The van der Waals surface area contributed by atoms with E-state index in [4.69, 9.17) is 4.74 Å². The first-order chi connectivity index (χ1) is 18.0. The van der Waals surface area contributed by atoms with Gasteiger partial charge in [0.05, 0.1) is 31.2 Å². The van der Waals surface area contributed by atoms with Crippen molar-refractivity contribution in [3.05, 3.63) is 11.1 Å². The number of hydrogen-bond acceptors (Lipinski definition) is 8. The van der Waals surface area contributed by atoms with Crippen molar-refractivity contribution in [2.45, 2.75) is 92.6 Å². The van der Waals surface area contributed by atoms with Crippen molar-refractivity contribution in [1.29, 1.82) is 0 Å². The molecule has 4 aliphatic rings. The molecular formula is C31H44O8. The van der Waals surface area contributed by atoms with E-state index in [1.54, 1.807) is 13.8 Å². The SMILES string of the molecule is COC(=O)C(C)CC(=O)CC(C)C1CC(O)C2(C)C3=C(C(=O)CC12C)C1(C)CCC(=O)C(C)(CO)C1CC3=O. The summed E-state index contributed by atoms with van der Waals surface area (Å²) in [6.45, 7) is 10.7. The highest BCUT2D eigenvalue weighted by molar-refractivity contribution is 6.12. The van der Waals surface area contributed by atoms with Crippen LogP contribution in [0, 0.1) is 45.3 Å². The highest BCUT2D eigenvalue weighted by atomic mass is 16.5. The Kier molecular flexibility index (Phi) is 7.42. The van der Waals surface area contributed by atoms with Gasteiger partial charge in [-0.25, -0.2) is 0 Å². The average molecular weight is 545 g/mol. The summed E-state index contributed by atoms with van der Waals surface area (Å²) in [6.07, 6.45) is 0.594. The molecule has 0 aromatic heterocycles. The molecule has 9 unspecified atom stereocenters.